The molecule has 64 valence electrons. The predicted molar refractivity (Wildman–Crippen MR) is 52.3 cm³/mol. The number of nitrogen functional groups attached to an aromatic ring is 1. The number of nitrogens with one attached hydrogen (secondary N) is 1. The van der Waals surface area contributed by atoms with Crippen LogP contribution in [0.1, 0.15) is 15.9 Å². The molecule has 1 amide bonds. The predicted octanol–water partition coefficient (Wildman–Crippen LogP) is -0.652. The summed E-state index contributed by atoms with van der Waals surface area (Å²) in [5, 5.41) is 2.75. The lowest BCUT2D eigenvalue weighted by Crippen LogP contribution is -2.35. The molecule has 1 aliphatic heterocycles. The van der Waals surface area contributed by atoms with Gasteiger partial charge in [0.1, 0.15) is 7.85 Å². The fourth-order valence-corrected chi connectivity index (χ4v) is 1.56. The zero-order valence-electron chi connectivity index (χ0n) is 7.13. The van der Waals surface area contributed by atoms with Crippen molar-refractivity contribution in [3.8, 4) is 0 Å². The van der Waals surface area contributed by atoms with Gasteiger partial charge in [0.15, 0.2) is 0 Å². The van der Waals surface area contributed by atoms with E-state index in [1.54, 1.807) is 12.1 Å². The molecule has 0 atom stereocenters. The first-order chi connectivity index (χ1) is 6.20. The van der Waals surface area contributed by atoms with Crippen molar-refractivity contribution in [3.05, 3.63) is 23.3 Å². The third kappa shape index (κ3) is 1.18. The van der Waals surface area contributed by atoms with Crippen LogP contribution < -0.4 is 16.5 Å². The Kier molecular flexibility index (Phi) is 1.76. The summed E-state index contributed by atoms with van der Waals surface area (Å²) in [6.45, 7) is 0.638. The third-order valence-corrected chi connectivity index (χ3v) is 2.30. The van der Waals surface area contributed by atoms with Crippen LogP contribution in [0.25, 0.3) is 0 Å². The van der Waals surface area contributed by atoms with Gasteiger partial charge in [-0.05, 0) is 24.1 Å². The minimum atomic E-state index is -0.0621. The van der Waals surface area contributed by atoms with Gasteiger partial charge in [-0.3, -0.25) is 4.79 Å². The molecule has 2 rings (SSSR count). The summed E-state index contributed by atoms with van der Waals surface area (Å²) >= 11 is 0. The van der Waals surface area contributed by atoms with Crippen molar-refractivity contribution in [1.82, 2.24) is 5.32 Å². The maximum atomic E-state index is 11.3. The van der Waals surface area contributed by atoms with Crippen LogP contribution in [-0.4, -0.2) is 20.3 Å². The van der Waals surface area contributed by atoms with E-state index in [2.05, 4.69) is 5.32 Å². The van der Waals surface area contributed by atoms with Crippen molar-refractivity contribution in [2.24, 2.45) is 0 Å². The lowest BCUT2D eigenvalue weighted by Gasteiger charge is -2.19. The van der Waals surface area contributed by atoms with Crippen molar-refractivity contribution in [2.45, 2.75) is 6.42 Å². The molecule has 1 aromatic rings. The molecule has 0 aromatic heterocycles. The molecule has 0 saturated heterocycles. The number of anilines is 1. The Morgan fingerprint density at radius 1 is 1.46 bits per heavy atom. The Morgan fingerprint density at radius 3 is 3.00 bits per heavy atom. The molecule has 0 unspecified atom stereocenters. The van der Waals surface area contributed by atoms with Gasteiger partial charge in [0.05, 0.1) is 0 Å². The van der Waals surface area contributed by atoms with E-state index >= 15 is 0 Å². The Hall–Kier alpha value is -1.45. The number of nitrogens with two attached hydrogens (primary N) is 1. The van der Waals surface area contributed by atoms with E-state index in [4.69, 9.17) is 13.6 Å². The standard InChI is InChI=1S/C9H9BN2O/c10-8-5-3-4-12-9(13)6(5)1-2-7(8)11/h1-2H,3-4,11H2,(H,12,13). The molecule has 0 bridgehead atoms. The van der Waals surface area contributed by atoms with E-state index in [9.17, 15) is 4.79 Å². The van der Waals surface area contributed by atoms with Crippen molar-refractivity contribution >= 4 is 24.9 Å². The summed E-state index contributed by atoms with van der Waals surface area (Å²) in [5.74, 6) is -0.0621. The van der Waals surface area contributed by atoms with Crippen molar-refractivity contribution in [3.63, 3.8) is 0 Å². The van der Waals surface area contributed by atoms with Gasteiger partial charge in [0.2, 0.25) is 0 Å². The number of carbonyl (C=O) groups is 1. The first-order valence-corrected chi connectivity index (χ1v) is 4.15. The topological polar surface area (TPSA) is 55.1 Å². The van der Waals surface area contributed by atoms with Crippen LogP contribution in [0.4, 0.5) is 5.69 Å². The number of rotatable bonds is 0. The first kappa shape index (κ1) is 8.17. The van der Waals surface area contributed by atoms with E-state index in [-0.39, 0.29) is 5.91 Å². The summed E-state index contributed by atoms with van der Waals surface area (Å²) < 4.78 is 0. The van der Waals surface area contributed by atoms with Crippen LogP contribution in [0.2, 0.25) is 0 Å². The van der Waals surface area contributed by atoms with Gasteiger partial charge in [-0.1, -0.05) is 5.46 Å². The van der Waals surface area contributed by atoms with Gasteiger partial charge in [-0.2, -0.15) is 0 Å². The van der Waals surface area contributed by atoms with Crippen LogP contribution in [0.3, 0.4) is 0 Å². The monoisotopic (exact) mass is 172 g/mol. The van der Waals surface area contributed by atoms with Gasteiger partial charge in [0, 0.05) is 17.8 Å². The van der Waals surface area contributed by atoms with Gasteiger partial charge < -0.3 is 11.1 Å². The summed E-state index contributed by atoms with van der Waals surface area (Å²) in [5.41, 5.74) is 8.26. The summed E-state index contributed by atoms with van der Waals surface area (Å²) in [4.78, 5) is 11.3. The number of hydrogen-bond donors (Lipinski definition) is 2. The smallest absolute Gasteiger partial charge is 0.251 e. The van der Waals surface area contributed by atoms with Crippen molar-refractivity contribution in [2.75, 3.05) is 12.3 Å². The van der Waals surface area contributed by atoms with E-state index in [1.165, 1.54) is 0 Å². The van der Waals surface area contributed by atoms with Gasteiger partial charge in [-0.15, -0.1) is 0 Å². The first-order valence-electron chi connectivity index (χ1n) is 4.15. The van der Waals surface area contributed by atoms with Crippen LogP contribution in [-0.2, 0) is 6.42 Å². The van der Waals surface area contributed by atoms with E-state index < -0.39 is 0 Å². The third-order valence-electron chi connectivity index (χ3n) is 2.30. The second-order valence-corrected chi connectivity index (χ2v) is 3.10. The maximum absolute atomic E-state index is 11.3. The molecule has 3 nitrogen and oxygen atoms in total. The molecule has 2 radical (unpaired) electrons. The van der Waals surface area contributed by atoms with Crippen LogP contribution >= 0.6 is 0 Å². The summed E-state index contributed by atoms with van der Waals surface area (Å²) in [6, 6.07) is 3.38. The zero-order chi connectivity index (χ0) is 9.42. The van der Waals surface area contributed by atoms with E-state index in [0.717, 1.165) is 12.0 Å². The highest BCUT2D eigenvalue weighted by molar-refractivity contribution is 6.37. The lowest BCUT2D eigenvalue weighted by molar-refractivity contribution is 0.0946. The minimum absolute atomic E-state index is 0.0621. The Bertz CT molecular complexity index is 376. The van der Waals surface area contributed by atoms with Gasteiger partial charge >= 0.3 is 0 Å². The minimum Gasteiger partial charge on any atom is -0.399 e. The highest BCUT2D eigenvalue weighted by atomic mass is 16.1. The van der Waals surface area contributed by atoms with Crippen molar-refractivity contribution < 1.29 is 4.79 Å². The van der Waals surface area contributed by atoms with Crippen LogP contribution in [0.15, 0.2) is 12.1 Å². The molecule has 1 aromatic carbocycles. The molecule has 1 aliphatic rings. The molecule has 0 aliphatic carbocycles. The average Bonchev–Trinajstić information content (AvgIpc) is 2.12. The summed E-state index contributed by atoms with van der Waals surface area (Å²) in [7, 11) is 5.76. The highest BCUT2D eigenvalue weighted by Crippen LogP contribution is 2.13. The fourth-order valence-electron chi connectivity index (χ4n) is 1.56. The highest BCUT2D eigenvalue weighted by Gasteiger charge is 2.18. The SMILES string of the molecule is [B]c1c(N)ccc2c1CCNC2=O. The fraction of sp³-hybridized carbons (Fsp3) is 0.222. The average molecular weight is 172 g/mol. The Balaban J connectivity index is 2.63. The number of carbonyl (C=O) groups excluding carboxylic acids is 1. The van der Waals surface area contributed by atoms with Gasteiger partial charge in [0.25, 0.3) is 5.91 Å². The lowest BCUT2D eigenvalue weighted by atomic mass is 9.83. The number of benzene rings is 1. The molecule has 0 fully saturated rings. The quantitative estimate of drug-likeness (QED) is 0.403. The Labute approximate surface area is 77.7 Å². The molecular formula is C9H9BN2O. The molecule has 0 spiro atoms. The Morgan fingerprint density at radius 2 is 2.23 bits per heavy atom. The molecule has 3 N–H and O–H groups in total. The molecule has 13 heavy (non-hydrogen) atoms. The molecule has 0 saturated carbocycles. The second kappa shape index (κ2) is 2.80. The number of amides is 1. The van der Waals surface area contributed by atoms with E-state index in [0.29, 0.717) is 23.3 Å². The van der Waals surface area contributed by atoms with Crippen molar-refractivity contribution in [1.29, 1.82) is 0 Å². The largest absolute Gasteiger partial charge is 0.399 e. The number of hydrogen-bond acceptors (Lipinski definition) is 2. The van der Waals surface area contributed by atoms with Gasteiger partial charge in [-0.25, -0.2) is 0 Å². The van der Waals surface area contributed by atoms with Crippen LogP contribution in [0, 0.1) is 0 Å². The number of fused-ring (bicyclic) bond motifs is 1. The van der Waals surface area contributed by atoms with Crippen LogP contribution in [0.5, 0.6) is 0 Å². The van der Waals surface area contributed by atoms with E-state index in [1.807, 2.05) is 0 Å². The zero-order valence-corrected chi connectivity index (χ0v) is 7.13. The summed E-state index contributed by atoms with van der Waals surface area (Å²) in [6.07, 6.45) is 0.762. The molecule has 1 heterocycles. The second-order valence-electron chi connectivity index (χ2n) is 3.10. The maximum Gasteiger partial charge on any atom is 0.251 e. The normalized spacial score (nSPS) is 14.9. The molecular weight excluding hydrogens is 163 g/mol. The molecule has 4 heteroatoms.